The number of fused-ring (bicyclic) bond motifs is 2. The predicted octanol–water partition coefficient (Wildman–Crippen LogP) is 4.41. The van der Waals surface area contributed by atoms with E-state index in [0.717, 1.165) is 29.9 Å². The van der Waals surface area contributed by atoms with Gasteiger partial charge in [-0.15, -0.1) is 0 Å². The van der Waals surface area contributed by atoms with Crippen LogP contribution in [0.5, 0.6) is 5.75 Å². The lowest BCUT2D eigenvalue weighted by atomic mass is 9.83. The fraction of sp³-hybridized carbons (Fsp3) is 0.667. The highest BCUT2D eigenvalue weighted by molar-refractivity contribution is 9.10. The summed E-state index contributed by atoms with van der Waals surface area (Å²) in [5.74, 6) is 3.95. The molecular formula is C18H26BrNO. The maximum Gasteiger partial charge on any atom is 0.119 e. The maximum atomic E-state index is 5.36. The molecule has 0 heterocycles. The number of hydrogen-bond donors (Lipinski definition) is 1. The highest BCUT2D eigenvalue weighted by Gasteiger charge is 2.39. The molecule has 2 aliphatic rings. The Balaban J connectivity index is 1.64. The Bertz CT molecular complexity index is 490. The molecule has 3 rings (SSSR count). The van der Waals surface area contributed by atoms with Crippen molar-refractivity contribution in [3.05, 3.63) is 28.2 Å². The zero-order valence-corrected chi connectivity index (χ0v) is 14.7. The molecule has 0 aromatic heterocycles. The van der Waals surface area contributed by atoms with Gasteiger partial charge in [-0.25, -0.2) is 0 Å². The van der Waals surface area contributed by atoms with Gasteiger partial charge >= 0.3 is 0 Å². The summed E-state index contributed by atoms with van der Waals surface area (Å²) in [6.45, 7) is 0. The summed E-state index contributed by atoms with van der Waals surface area (Å²) < 4.78 is 6.55. The smallest absolute Gasteiger partial charge is 0.119 e. The van der Waals surface area contributed by atoms with Crippen LogP contribution in [0.1, 0.15) is 37.7 Å². The van der Waals surface area contributed by atoms with Crippen molar-refractivity contribution < 1.29 is 4.74 Å². The molecule has 4 atom stereocenters. The summed E-state index contributed by atoms with van der Waals surface area (Å²) in [6, 6.07) is 6.84. The molecule has 0 aliphatic heterocycles. The molecule has 2 saturated carbocycles. The van der Waals surface area contributed by atoms with Crippen LogP contribution in [0.3, 0.4) is 0 Å². The summed E-state index contributed by atoms with van der Waals surface area (Å²) in [5, 5.41) is 3.54. The third-order valence-corrected chi connectivity index (χ3v) is 6.37. The average molecular weight is 352 g/mol. The van der Waals surface area contributed by atoms with Gasteiger partial charge in [-0.05, 0) is 80.7 Å². The number of nitrogens with one attached hydrogen (secondary N) is 1. The van der Waals surface area contributed by atoms with Crippen LogP contribution in [0.4, 0.5) is 0 Å². The molecule has 2 fully saturated rings. The van der Waals surface area contributed by atoms with Gasteiger partial charge in [-0.3, -0.25) is 0 Å². The minimum absolute atomic E-state index is 0.567. The number of rotatable bonds is 6. The lowest BCUT2D eigenvalue weighted by molar-refractivity contribution is 0.281. The normalized spacial score (nSPS) is 28.8. The molecule has 2 bridgehead atoms. The van der Waals surface area contributed by atoms with Crippen LogP contribution in [0, 0.1) is 17.8 Å². The van der Waals surface area contributed by atoms with Crippen LogP contribution < -0.4 is 10.1 Å². The molecular weight excluding hydrogens is 326 g/mol. The van der Waals surface area contributed by atoms with E-state index < -0.39 is 0 Å². The predicted molar refractivity (Wildman–Crippen MR) is 90.8 cm³/mol. The van der Waals surface area contributed by atoms with Gasteiger partial charge in [0.25, 0.3) is 0 Å². The third kappa shape index (κ3) is 3.45. The van der Waals surface area contributed by atoms with Gasteiger partial charge < -0.3 is 10.1 Å². The molecule has 2 nitrogen and oxygen atoms in total. The van der Waals surface area contributed by atoms with Gasteiger partial charge in [0.2, 0.25) is 0 Å². The SMILES string of the molecule is CNC(Cc1cc(OC)ccc1Br)CC1CC2CCC1C2. The van der Waals surface area contributed by atoms with Crippen molar-refractivity contribution in [1.82, 2.24) is 5.32 Å². The average Bonchev–Trinajstić information content (AvgIpc) is 3.11. The molecule has 0 amide bonds. The first-order chi connectivity index (χ1) is 10.2. The number of benzene rings is 1. The van der Waals surface area contributed by atoms with Gasteiger partial charge in [-0.2, -0.15) is 0 Å². The molecule has 1 aromatic carbocycles. The molecule has 0 saturated heterocycles. The number of ether oxygens (including phenoxy) is 1. The van der Waals surface area contributed by atoms with Crippen LogP contribution in [0.25, 0.3) is 0 Å². The fourth-order valence-electron chi connectivity index (χ4n) is 4.43. The van der Waals surface area contributed by atoms with Crippen molar-refractivity contribution in [2.75, 3.05) is 14.2 Å². The number of methoxy groups -OCH3 is 1. The Labute approximate surface area is 136 Å². The zero-order valence-electron chi connectivity index (χ0n) is 13.1. The van der Waals surface area contributed by atoms with Crippen molar-refractivity contribution in [1.29, 1.82) is 0 Å². The molecule has 2 aliphatic carbocycles. The second kappa shape index (κ2) is 6.70. The van der Waals surface area contributed by atoms with Crippen LogP contribution in [-0.2, 0) is 6.42 Å². The van der Waals surface area contributed by atoms with Crippen molar-refractivity contribution in [2.45, 2.75) is 44.6 Å². The first-order valence-electron chi connectivity index (χ1n) is 8.19. The van der Waals surface area contributed by atoms with Gasteiger partial charge in [0.15, 0.2) is 0 Å². The molecule has 0 spiro atoms. The van der Waals surface area contributed by atoms with Crippen LogP contribution in [0.15, 0.2) is 22.7 Å². The van der Waals surface area contributed by atoms with E-state index in [4.69, 9.17) is 4.74 Å². The van der Waals surface area contributed by atoms with E-state index in [2.05, 4.69) is 40.4 Å². The number of likely N-dealkylation sites (N-methyl/N-ethyl adjacent to an activating group) is 1. The maximum absolute atomic E-state index is 5.36. The Morgan fingerprint density at radius 3 is 2.81 bits per heavy atom. The molecule has 116 valence electrons. The Morgan fingerprint density at radius 2 is 2.19 bits per heavy atom. The van der Waals surface area contributed by atoms with E-state index in [1.54, 1.807) is 7.11 Å². The van der Waals surface area contributed by atoms with Crippen molar-refractivity contribution in [3.63, 3.8) is 0 Å². The highest BCUT2D eigenvalue weighted by Crippen LogP contribution is 2.50. The van der Waals surface area contributed by atoms with Crippen LogP contribution in [-0.4, -0.2) is 20.2 Å². The molecule has 4 unspecified atom stereocenters. The Hall–Kier alpha value is -0.540. The molecule has 0 radical (unpaired) electrons. The molecule has 1 N–H and O–H groups in total. The summed E-state index contributed by atoms with van der Waals surface area (Å²) >= 11 is 3.68. The summed E-state index contributed by atoms with van der Waals surface area (Å²) in [6.07, 6.45) is 8.34. The summed E-state index contributed by atoms with van der Waals surface area (Å²) in [4.78, 5) is 0. The van der Waals surface area contributed by atoms with Gasteiger partial charge in [0.05, 0.1) is 7.11 Å². The Morgan fingerprint density at radius 1 is 1.33 bits per heavy atom. The first-order valence-corrected chi connectivity index (χ1v) is 8.98. The Kier molecular flexibility index (Phi) is 4.90. The number of halogens is 1. The summed E-state index contributed by atoms with van der Waals surface area (Å²) in [5.41, 5.74) is 1.34. The quantitative estimate of drug-likeness (QED) is 0.819. The third-order valence-electron chi connectivity index (χ3n) is 5.60. The van der Waals surface area contributed by atoms with E-state index in [0.29, 0.717) is 6.04 Å². The molecule has 1 aromatic rings. The monoisotopic (exact) mass is 351 g/mol. The molecule has 21 heavy (non-hydrogen) atoms. The zero-order chi connectivity index (χ0) is 14.8. The minimum Gasteiger partial charge on any atom is -0.497 e. The van der Waals surface area contributed by atoms with Crippen molar-refractivity contribution in [2.24, 2.45) is 17.8 Å². The van der Waals surface area contributed by atoms with Gasteiger partial charge in [0, 0.05) is 10.5 Å². The lowest BCUT2D eigenvalue weighted by Crippen LogP contribution is -2.31. The second-order valence-electron chi connectivity index (χ2n) is 6.82. The highest BCUT2D eigenvalue weighted by atomic mass is 79.9. The first kappa shape index (κ1) is 15.4. The van der Waals surface area contributed by atoms with E-state index >= 15 is 0 Å². The van der Waals surface area contributed by atoms with Crippen LogP contribution >= 0.6 is 15.9 Å². The van der Waals surface area contributed by atoms with Gasteiger partial charge in [0.1, 0.15) is 5.75 Å². The van der Waals surface area contributed by atoms with E-state index in [-0.39, 0.29) is 0 Å². The second-order valence-corrected chi connectivity index (χ2v) is 7.67. The minimum atomic E-state index is 0.567. The van der Waals surface area contributed by atoms with E-state index in [1.165, 1.54) is 42.1 Å². The van der Waals surface area contributed by atoms with Gasteiger partial charge in [-0.1, -0.05) is 22.4 Å². The fourth-order valence-corrected chi connectivity index (χ4v) is 4.84. The summed E-state index contributed by atoms with van der Waals surface area (Å²) in [7, 11) is 3.84. The van der Waals surface area contributed by atoms with E-state index in [9.17, 15) is 0 Å². The standard InChI is InChI=1S/C18H26BrNO/c1-20-16(9-14-8-12-3-4-13(14)7-12)10-15-11-17(21-2)5-6-18(15)19/h5-6,11-14,16,20H,3-4,7-10H2,1-2H3. The number of hydrogen-bond acceptors (Lipinski definition) is 2. The largest absolute Gasteiger partial charge is 0.497 e. The lowest BCUT2D eigenvalue weighted by Gasteiger charge is -2.27. The van der Waals surface area contributed by atoms with E-state index in [1.807, 2.05) is 6.07 Å². The van der Waals surface area contributed by atoms with Crippen molar-refractivity contribution in [3.8, 4) is 5.75 Å². The van der Waals surface area contributed by atoms with Crippen molar-refractivity contribution >= 4 is 15.9 Å². The topological polar surface area (TPSA) is 21.3 Å². The van der Waals surface area contributed by atoms with Crippen LogP contribution in [0.2, 0.25) is 0 Å². The molecule has 3 heteroatoms.